The Labute approximate surface area is 127 Å². The maximum Gasteiger partial charge on any atom is 0.329 e. The van der Waals surface area contributed by atoms with Crippen LogP contribution in [0.1, 0.15) is 31.7 Å². The summed E-state index contributed by atoms with van der Waals surface area (Å²) in [5.74, 6) is -0.0479. The topological polar surface area (TPSA) is 52.6 Å². The van der Waals surface area contributed by atoms with E-state index in [1.165, 1.54) is 12.8 Å². The van der Waals surface area contributed by atoms with Gasteiger partial charge in [0.15, 0.2) is 5.54 Å². The van der Waals surface area contributed by atoms with Crippen LogP contribution in [0.15, 0.2) is 30.3 Å². The quantitative estimate of drug-likeness (QED) is 0.733. The average molecular weight is 290 g/mol. The highest BCUT2D eigenvalue weighted by molar-refractivity contribution is 5.81. The molecule has 1 unspecified atom stereocenters. The Morgan fingerprint density at radius 3 is 2.57 bits per heavy atom. The van der Waals surface area contributed by atoms with Crippen molar-refractivity contribution in [2.24, 2.45) is 5.92 Å². The zero-order valence-electron chi connectivity index (χ0n) is 13.0. The van der Waals surface area contributed by atoms with E-state index in [4.69, 9.17) is 0 Å². The summed E-state index contributed by atoms with van der Waals surface area (Å²) in [6, 6.07) is 9.54. The molecule has 0 spiro atoms. The van der Waals surface area contributed by atoms with Crippen LogP contribution >= 0.6 is 0 Å². The second-order valence-corrected chi connectivity index (χ2v) is 6.14. The third-order valence-corrected chi connectivity index (χ3v) is 4.08. The molecule has 1 aliphatic rings. The SMILES string of the molecule is CCCNC(CN(C)CC1CC1)(C(=O)O)c1ccccc1. The molecule has 0 heterocycles. The fourth-order valence-corrected chi connectivity index (χ4v) is 2.79. The van der Waals surface area contributed by atoms with Gasteiger partial charge in [-0.05, 0) is 44.3 Å². The van der Waals surface area contributed by atoms with Gasteiger partial charge in [-0.3, -0.25) is 5.32 Å². The molecule has 1 aromatic rings. The largest absolute Gasteiger partial charge is 0.480 e. The second-order valence-electron chi connectivity index (χ2n) is 6.14. The van der Waals surface area contributed by atoms with Gasteiger partial charge in [0.05, 0.1) is 0 Å². The first-order valence-corrected chi connectivity index (χ1v) is 7.81. The van der Waals surface area contributed by atoms with Crippen molar-refractivity contribution in [2.45, 2.75) is 31.7 Å². The molecule has 2 N–H and O–H groups in total. The maximum atomic E-state index is 12.1. The normalized spacial score (nSPS) is 17.7. The van der Waals surface area contributed by atoms with Crippen molar-refractivity contribution in [1.29, 1.82) is 0 Å². The monoisotopic (exact) mass is 290 g/mol. The van der Waals surface area contributed by atoms with Crippen LogP contribution in [0.2, 0.25) is 0 Å². The van der Waals surface area contributed by atoms with Crippen LogP contribution in [0.25, 0.3) is 0 Å². The Bertz CT molecular complexity index is 459. The molecule has 1 aromatic carbocycles. The van der Waals surface area contributed by atoms with Gasteiger partial charge in [-0.1, -0.05) is 37.3 Å². The molecule has 4 heteroatoms. The van der Waals surface area contributed by atoms with Crippen molar-refractivity contribution in [3.63, 3.8) is 0 Å². The molecule has 21 heavy (non-hydrogen) atoms. The predicted molar refractivity (Wildman–Crippen MR) is 84.3 cm³/mol. The Balaban J connectivity index is 2.23. The summed E-state index contributed by atoms with van der Waals surface area (Å²) in [4.78, 5) is 14.2. The van der Waals surface area contributed by atoms with E-state index in [-0.39, 0.29) is 0 Å². The minimum Gasteiger partial charge on any atom is -0.480 e. The van der Waals surface area contributed by atoms with Gasteiger partial charge in [-0.25, -0.2) is 4.79 Å². The molecule has 2 rings (SSSR count). The van der Waals surface area contributed by atoms with Crippen LogP contribution in [-0.2, 0) is 10.3 Å². The summed E-state index contributed by atoms with van der Waals surface area (Å²) < 4.78 is 0. The highest BCUT2D eigenvalue weighted by Gasteiger charge is 2.41. The van der Waals surface area contributed by atoms with Gasteiger partial charge in [0, 0.05) is 13.1 Å². The zero-order valence-corrected chi connectivity index (χ0v) is 13.0. The molecule has 116 valence electrons. The van der Waals surface area contributed by atoms with E-state index in [1.807, 2.05) is 37.4 Å². The third-order valence-electron chi connectivity index (χ3n) is 4.08. The standard InChI is InChI=1S/C17H26N2O2/c1-3-11-18-17(16(20)21,15-7-5-4-6-8-15)13-19(2)12-14-9-10-14/h4-8,14,18H,3,9-13H2,1-2H3,(H,20,21). The molecule has 0 saturated heterocycles. The van der Waals surface area contributed by atoms with E-state index >= 15 is 0 Å². The summed E-state index contributed by atoms with van der Waals surface area (Å²) in [6.07, 6.45) is 3.46. The summed E-state index contributed by atoms with van der Waals surface area (Å²) in [6.45, 7) is 4.22. The lowest BCUT2D eigenvalue weighted by molar-refractivity contribution is -0.146. The number of hydrogen-bond acceptors (Lipinski definition) is 3. The summed E-state index contributed by atoms with van der Waals surface area (Å²) >= 11 is 0. The molecule has 0 radical (unpaired) electrons. The maximum absolute atomic E-state index is 12.1. The smallest absolute Gasteiger partial charge is 0.329 e. The van der Waals surface area contributed by atoms with Crippen molar-refractivity contribution < 1.29 is 9.90 Å². The number of benzene rings is 1. The van der Waals surface area contributed by atoms with Gasteiger partial charge < -0.3 is 10.0 Å². The first-order chi connectivity index (χ1) is 10.1. The van der Waals surface area contributed by atoms with E-state index in [1.54, 1.807) is 0 Å². The molecule has 1 saturated carbocycles. The van der Waals surface area contributed by atoms with Crippen LogP contribution in [-0.4, -0.2) is 42.7 Å². The van der Waals surface area contributed by atoms with Crippen molar-refractivity contribution in [2.75, 3.05) is 26.7 Å². The fourth-order valence-electron chi connectivity index (χ4n) is 2.79. The summed E-state index contributed by atoms with van der Waals surface area (Å²) in [7, 11) is 2.02. The molecule has 1 fully saturated rings. The summed E-state index contributed by atoms with van der Waals surface area (Å²) in [5, 5.41) is 13.2. The van der Waals surface area contributed by atoms with Gasteiger partial charge >= 0.3 is 5.97 Å². The number of carbonyl (C=O) groups is 1. The van der Waals surface area contributed by atoms with Crippen LogP contribution in [0.5, 0.6) is 0 Å². The number of rotatable bonds is 9. The predicted octanol–water partition coefficient (Wildman–Crippen LogP) is 2.31. The van der Waals surface area contributed by atoms with Gasteiger partial charge in [-0.2, -0.15) is 0 Å². The minimum absolute atomic E-state index is 0.489. The van der Waals surface area contributed by atoms with E-state index in [0.29, 0.717) is 13.1 Å². The molecular weight excluding hydrogens is 264 g/mol. The van der Waals surface area contributed by atoms with Crippen LogP contribution in [0.4, 0.5) is 0 Å². The Morgan fingerprint density at radius 2 is 2.05 bits per heavy atom. The number of carboxylic acid groups (broad SMARTS) is 1. The highest BCUT2D eigenvalue weighted by Crippen LogP contribution is 2.31. The van der Waals surface area contributed by atoms with Gasteiger partial charge in [0.25, 0.3) is 0 Å². The molecule has 0 bridgehead atoms. The van der Waals surface area contributed by atoms with Crippen molar-refractivity contribution in [1.82, 2.24) is 10.2 Å². The first kappa shape index (κ1) is 16.0. The minimum atomic E-state index is -1.03. The lowest BCUT2D eigenvalue weighted by Gasteiger charge is -2.35. The van der Waals surface area contributed by atoms with E-state index in [9.17, 15) is 9.90 Å². The molecular formula is C17H26N2O2. The van der Waals surface area contributed by atoms with Crippen molar-refractivity contribution in [3.05, 3.63) is 35.9 Å². The number of nitrogens with zero attached hydrogens (tertiary/aromatic N) is 1. The Hall–Kier alpha value is -1.39. The number of hydrogen-bond donors (Lipinski definition) is 2. The first-order valence-electron chi connectivity index (χ1n) is 7.81. The Kier molecular flexibility index (Phi) is 5.37. The second kappa shape index (κ2) is 7.05. The highest BCUT2D eigenvalue weighted by atomic mass is 16.4. The number of carboxylic acids is 1. The number of likely N-dealkylation sites (N-methyl/N-ethyl adjacent to an activating group) is 1. The molecule has 0 aromatic heterocycles. The van der Waals surface area contributed by atoms with Crippen molar-refractivity contribution >= 4 is 5.97 Å². The summed E-state index contributed by atoms with van der Waals surface area (Å²) in [5.41, 5.74) is -0.199. The molecule has 1 aliphatic carbocycles. The van der Waals surface area contributed by atoms with Crippen LogP contribution in [0, 0.1) is 5.92 Å². The molecule has 0 amide bonds. The van der Waals surface area contributed by atoms with Gasteiger partial charge in [0.1, 0.15) is 0 Å². The van der Waals surface area contributed by atoms with Gasteiger partial charge in [0.2, 0.25) is 0 Å². The molecule has 4 nitrogen and oxygen atoms in total. The molecule has 1 atom stereocenters. The van der Waals surface area contributed by atoms with E-state index in [0.717, 1.165) is 24.4 Å². The zero-order chi connectivity index (χ0) is 15.3. The number of nitrogens with one attached hydrogen (secondary N) is 1. The fraction of sp³-hybridized carbons (Fsp3) is 0.588. The van der Waals surface area contributed by atoms with Crippen LogP contribution in [0.3, 0.4) is 0 Å². The van der Waals surface area contributed by atoms with E-state index < -0.39 is 11.5 Å². The average Bonchev–Trinajstić information content (AvgIpc) is 3.28. The van der Waals surface area contributed by atoms with Crippen molar-refractivity contribution in [3.8, 4) is 0 Å². The molecule has 0 aliphatic heterocycles. The third kappa shape index (κ3) is 4.05. The van der Waals surface area contributed by atoms with E-state index in [2.05, 4.69) is 17.1 Å². The van der Waals surface area contributed by atoms with Gasteiger partial charge in [-0.15, -0.1) is 0 Å². The lowest BCUT2D eigenvalue weighted by Crippen LogP contribution is -2.56. The Morgan fingerprint density at radius 1 is 1.38 bits per heavy atom. The van der Waals surface area contributed by atoms with Crippen LogP contribution < -0.4 is 5.32 Å². The lowest BCUT2D eigenvalue weighted by atomic mass is 9.89. The number of aliphatic carboxylic acids is 1.